The molecule has 0 unspecified atom stereocenters. The Balaban J connectivity index is 1.33. The number of benzene rings is 1. The summed E-state index contributed by atoms with van der Waals surface area (Å²) >= 11 is 5.95. The van der Waals surface area contributed by atoms with Gasteiger partial charge in [0, 0.05) is 23.8 Å². The number of halogens is 4. The van der Waals surface area contributed by atoms with Crippen LogP contribution in [-0.2, 0) is 14.3 Å². The summed E-state index contributed by atoms with van der Waals surface area (Å²) in [7, 11) is 0. The summed E-state index contributed by atoms with van der Waals surface area (Å²) in [6.07, 6.45) is 1.17. The van der Waals surface area contributed by atoms with Crippen molar-refractivity contribution in [3.8, 4) is 0 Å². The Morgan fingerprint density at radius 2 is 1.89 bits per heavy atom. The van der Waals surface area contributed by atoms with Gasteiger partial charge < -0.3 is 20.5 Å². The molecule has 192 valence electrons. The summed E-state index contributed by atoms with van der Waals surface area (Å²) in [5, 5.41) is 15.8. The van der Waals surface area contributed by atoms with Crippen molar-refractivity contribution in [3.63, 3.8) is 0 Å². The summed E-state index contributed by atoms with van der Waals surface area (Å²) < 4.78 is 50.2. The van der Waals surface area contributed by atoms with Gasteiger partial charge in [0.15, 0.2) is 0 Å². The zero-order chi connectivity index (χ0) is 25.0. The molecule has 4 atom stereocenters. The van der Waals surface area contributed by atoms with E-state index < -0.39 is 52.7 Å². The van der Waals surface area contributed by atoms with E-state index in [1.807, 2.05) is 0 Å². The molecule has 10 heteroatoms. The van der Waals surface area contributed by atoms with Gasteiger partial charge in [-0.3, -0.25) is 9.59 Å². The molecule has 0 spiro atoms. The highest BCUT2D eigenvalue weighted by Gasteiger charge is 2.59. The van der Waals surface area contributed by atoms with Crippen LogP contribution in [0.4, 0.5) is 13.2 Å². The molecule has 6 nitrogen and oxygen atoms in total. The van der Waals surface area contributed by atoms with Crippen molar-refractivity contribution in [2.24, 2.45) is 17.3 Å². The van der Waals surface area contributed by atoms with E-state index in [1.54, 1.807) is 0 Å². The molecule has 2 bridgehead atoms. The molecule has 3 aliphatic carbocycles. The van der Waals surface area contributed by atoms with Gasteiger partial charge in [-0.15, -0.1) is 0 Å². The Morgan fingerprint density at radius 1 is 1.17 bits per heavy atom. The Labute approximate surface area is 206 Å². The van der Waals surface area contributed by atoms with Gasteiger partial charge in [0.05, 0.1) is 36.4 Å². The van der Waals surface area contributed by atoms with E-state index in [1.165, 1.54) is 0 Å². The summed E-state index contributed by atoms with van der Waals surface area (Å²) in [6, 6.07) is 0.497. The van der Waals surface area contributed by atoms with Crippen molar-refractivity contribution >= 4 is 23.4 Å². The largest absolute Gasteiger partial charge is 0.391 e. The number of carbonyl (C=O) groups excluding carboxylic acids is 2. The lowest BCUT2D eigenvalue weighted by Gasteiger charge is -2.37. The zero-order valence-corrected chi connectivity index (χ0v) is 20.1. The maximum absolute atomic E-state index is 15.1. The number of hydrogen-bond acceptors (Lipinski definition) is 4. The van der Waals surface area contributed by atoms with Crippen LogP contribution in [0.1, 0.15) is 63.0 Å². The fourth-order valence-electron chi connectivity index (χ4n) is 6.49. The van der Waals surface area contributed by atoms with Crippen LogP contribution in [-0.4, -0.2) is 47.9 Å². The molecule has 5 rings (SSSR count). The maximum atomic E-state index is 15.1. The molecule has 1 aromatic rings. The topological polar surface area (TPSA) is 87.7 Å². The number of alkyl halides is 1. The number of aliphatic hydroxyl groups excluding tert-OH is 1. The van der Waals surface area contributed by atoms with Gasteiger partial charge in [0.25, 0.3) is 0 Å². The summed E-state index contributed by atoms with van der Waals surface area (Å²) in [6.45, 7) is 1.07. The number of ether oxygens (including phenoxy) is 1. The molecular formula is C25H30ClF3N2O4. The minimum atomic E-state index is -1.39. The fraction of sp³-hybridized carbons (Fsp3) is 0.680. The standard InChI is InChI=1S/C25H30ClF3N2O4/c26-15-1-2-16(27)20(21(15)28)22(24-3-5-25(29,12-24)6-4-24)31-23(34)14-8-17(18(32)9-14)30-19(33)7-13-10-35-11-13/h1-2,13-14,17-18,22,32H,3-12H2,(H,30,33)(H,31,34)/t14-,17-,18+,22+,24?,25?/m0/s1. The van der Waals surface area contributed by atoms with Crippen LogP contribution >= 0.6 is 11.6 Å². The fourth-order valence-corrected chi connectivity index (χ4v) is 6.65. The van der Waals surface area contributed by atoms with Crippen LogP contribution in [0, 0.1) is 28.9 Å². The van der Waals surface area contributed by atoms with E-state index in [4.69, 9.17) is 16.3 Å². The van der Waals surface area contributed by atoms with E-state index >= 15 is 8.78 Å². The molecule has 3 saturated carbocycles. The second-order valence-corrected chi connectivity index (χ2v) is 11.3. The van der Waals surface area contributed by atoms with Crippen molar-refractivity contribution in [3.05, 3.63) is 34.4 Å². The first kappa shape index (κ1) is 24.8. The number of rotatable bonds is 7. The number of hydrogen-bond donors (Lipinski definition) is 3. The number of carbonyl (C=O) groups is 2. The van der Waals surface area contributed by atoms with Crippen molar-refractivity contribution in [1.29, 1.82) is 0 Å². The smallest absolute Gasteiger partial charge is 0.223 e. The lowest BCUT2D eigenvalue weighted by molar-refractivity contribution is -0.128. The number of nitrogens with one attached hydrogen (secondary N) is 2. The van der Waals surface area contributed by atoms with E-state index in [0.717, 1.165) is 12.1 Å². The van der Waals surface area contributed by atoms with Gasteiger partial charge in [0.2, 0.25) is 11.8 Å². The Kier molecular flexibility index (Phi) is 6.55. The Morgan fingerprint density at radius 3 is 2.49 bits per heavy atom. The van der Waals surface area contributed by atoms with Crippen molar-refractivity contribution in [2.75, 3.05) is 13.2 Å². The van der Waals surface area contributed by atoms with Crippen LogP contribution in [0.15, 0.2) is 12.1 Å². The molecule has 3 N–H and O–H groups in total. The van der Waals surface area contributed by atoms with E-state index in [2.05, 4.69) is 10.6 Å². The molecular weight excluding hydrogens is 485 g/mol. The first-order valence-corrected chi connectivity index (χ1v) is 12.6. The molecule has 4 aliphatic rings. The van der Waals surface area contributed by atoms with Crippen LogP contribution in [0.5, 0.6) is 0 Å². The monoisotopic (exact) mass is 514 g/mol. The van der Waals surface area contributed by atoms with E-state index in [-0.39, 0.29) is 54.5 Å². The first-order valence-electron chi connectivity index (χ1n) is 12.3. The second kappa shape index (κ2) is 9.23. The van der Waals surface area contributed by atoms with Gasteiger partial charge >= 0.3 is 0 Å². The normalized spacial score (nSPS) is 35.1. The predicted octanol–water partition coefficient (Wildman–Crippen LogP) is 3.74. The first-order chi connectivity index (χ1) is 16.6. The average Bonchev–Trinajstić information content (AvgIpc) is 3.44. The minimum Gasteiger partial charge on any atom is -0.391 e. The van der Waals surface area contributed by atoms with Crippen LogP contribution in [0.25, 0.3) is 0 Å². The van der Waals surface area contributed by atoms with Gasteiger partial charge in [-0.1, -0.05) is 11.6 Å². The van der Waals surface area contributed by atoms with Gasteiger partial charge in [-0.05, 0) is 62.5 Å². The molecule has 4 fully saturated rings. The highest BCUT2D eigenvalue weighted by molar-refractivity contribution is 6.30. The number of amides is 2. The van der Waals surface area contributed by atoms with Crippen molar-refractivity contribution in [2.45, 2.75) is 75.2 Å². The maximum Gasteiger partial charge on any atom is 0.223 e. The molecule has 1 heterocycles. The quantitative estimate of drug-likeness (QED) is 0.484. The molecule has 2 amide bonds. The molecule has 35 heavy (non-hydrogen) atoms. The van der Waals surface area contributed by atoms with Gasteiger partial charge in [0.1, 0.15) is 17.3 Å². The van der Waals surface area contributed by atoms with Gasteiger partial charge in [-0.2, -0.15) is 0 Å². The summed E-state index contributed by atoms with van der Waals surface area (Å²) in [5.41, 5.74) is -2.55. The molecule has 0 aromatic heterocycles. The lowest BCUT2D eigenvalue weighted by atomic mass is 9.74. The summed E-state index contributed by atoms with van der Waals surface area (Å²) in [4.78, 5) is 25.6. The SMILES string of the molecule is O=C(CC1COC1)N[C@H]1C[C@H](C(=O)N[C@H](c2c(F)ccc(Cl)c2F)C23CCC(F)(CC2)C3)C[C@H]1O. The molecule has 1 saturated heterocycles. The highest BCUT2D eigenvalue weighted by Crippen LogP contribution is 2.63. The third-order valence-electron chi connectivity index (χ3n) is 8.51. The molecule has 1 aromatic carbocycles. The van der Waals surface area contributed by atoms with E-state index in [9.17, 15) is 19.1 Å². The van der Waals surface area contributed by atoms with Gasteiger partial charge in [-0.25, -0.2) is 13.2 Å². The second-order valence-electron chi connectivity index (χ2n) is 10.9. The predicted molar refractivity (Wildman–Crippen MR) is 121 cm³/mol. The third kappa shape index (κ3) is 4.67. The van der Waals surface area contributed by atoms with Crippen LogP contribution in [0.3, 0.4) is 0 Å². The Bertz CT molecular complexity index is 1010. The third-order valence-corrected chi connectivity index (χ3v) is 8.80. The zero-order valence-electron chi connectivity index (χ0n) is 19.3. The number of fused-ring (bicyclic) bond motifs is 2. The molecule has 0 radical (unpaired) electrons. The lowest BCUT2D eigenvalue weighted by Crippen LogP contribution is -2.43. The highest BCUT2D eigenvalue weighted by atomic mass is 35.5. The minimum absolute atomic E-state index is 0.108. The van der Waals surface area contributed by atoms with Crippen molar-refractivity contribution < 1.29 is 32.6 Å². The van der Waals surface area contributed by atoms with Crippen LogP contribution < -0.4 is 10.6 Å². The average molecular weight is 515 g/mol. The molecule has 1 aliphatic heterocycles. The van der Waals surface area contributed by atoms with E-state index in [0.29, 0.717) is 32.5 Å². The van der Waals surface area contributed by atoms with Crippen molar-refractivity contribution in [1.82, 2.24) is 10.6 Å². The summed E-state index contributed by atoms with van der Waals surface area (Å²) in [5.74, 6) is -2.98. The Hall–Kier alpha value is -1.84. The number of aliphatic hydroxyl groups is 1. The van der Waals surface area contributed by atoms with Crippen LogP contribution in [0.2, 0.25) is 5.02 Å².